The van der Waals surface area contributed by atoms with Crippen LogP contribution in [0.2, 0.25) is 5.02 Å². The highest BCUT2D eigenvalue weighted by molar-refractivity contribution is 6.31. The lowest BCUT2D eigenvalue weighted by molar-refractivity contribution is 0.288. The van der Waals surface area contributed by atoms with Gasteiger partial charge < -0.3 is 4.74 Å². The fourth-order valence-corrected chi connectivity index (χ4v) is 2.96. The van der Waals surface area contributed by atoms with Crippen molar-refractivity contribution in [2.45, 2.75) is 25.1 Å². The third-order valence-corrected chi connectivity index (χ3v) is 4.62. The molecule has 104 valence electrons. The zero-order valence-corrected chi connectivity index (χ0v) is 12.8. The molecule has 1 atom stereocenters. The van der Waals surface area contributed by atoms with Crippen LogP contribution >= 0.6 is 23.2 Å². The van der Waals surface area contributed by atoms with Gasteiger partial charge in [-0.25, -0.2) is 0 Å². The average molecular weight is 307 g/mol. The van der Waals surface area contributed by atoms with Crippen LogP contribution in [-0.2, 0) is 6.42 Å². The smallest absolute Gasteiger partial charge is 0.122 e. The molecule has 20 heavy (non-hydrogen) atoms. The van der Waals surface area contributed by atoms with E-state index in [0.717, 1.165) is 46.9 Å². The van der Waals surface area contributed by atoms with Gasteiger partial charge in [-0.1, -0.05) is 35.9 Å². The van der Waals surface area contributed by atoms with E-state index in [1.807, 2.05) is 37.3 Å². The minimum absolute atomic E-state index is 0.180. The van der Waals surface area contributed by atoms with Crippen LogP contribution in [0.15, 0.2) is 36.4 Å². The molecule has 3 heteroatoms. The molecule has 1 aliphatic rings. The molecule has 2 aromatic rings. The van der Waals surface area contributed by atoms with Crippen molar-refractivity contribution in [1.82, 2.24) is 0 Å². The van der Waals surface area contributed by atoms with Gasteiger partial charge in [0.05, 0.1) is 12.0 Å². The molecule has 0 amide bonds. The molecule has 2 aromatic carbocycles. The Balaban J connectivity index is 1.93. The number of aryl methyl sites for hydroxylation is 2. The van der Waals surface area contributed by atoms with Gasteiger partial charge in [-0.05, 0) is 54.2 Å². The first kappa shape index (κ1) is 13.8. The number of rotatable bonds is 2. The average Bonchev–Trinajstić information content (AvgIpc) is 2.49. The van der Waals surface area contributed by atoms with Crippen LogP contribution in [0.25, 0.3) is 0 Å². The normalized spacial score (nSPS) is 15.3. The molecule has 3 rings (SSSR count). The molecular weight excluding hydrogens is 291 g/mol. The largest absolute Gasteiger partial charge is 0.493 e. The number of fused-ring (bicyclic) bond motifs is 1. The van der Waals surface area contributed by atoms with Crippen molar-refractivity contribution in [3.05, 3.63) is 63.7 Å². The Morgan fingerprint density at radius 1 is 1.10 bits per heavy atom. The van der Waals surface area contributed by atoms with E-state index in [-0.39, 0.29) is 5.38 Å². The van der Waals surface area contributed by atoms with Crippen LogP contribution in [-0.4, -0.2) is 6.61 Å². The first-order valence-corrected chi connectivity index (χ1v) is 7.62. The number of benzene rings is 2. The molecule has 0 radical (unpaired) electrons. The maximum absolute atomic E-state index is 6.60. The minimum Gasteiger partial charge on any atom is -0.493 e. The van der Waals surface area contributed by atoms with Gasteiger partial charge in [-0.2, -0.15) is 0 Å². The number of hydrogen-bond acceptors (Lipinski definition) is 1. The predicted molar refractivity (Wildman–Crippen MR) is 84.1 cm³/mol. The Kier molecular flexibility index (Phi) is 3.91. The summed E-state index contributed by atoms with van der Waals surface area (Å²) in [7, 11) is 0. The van der Waals surface area contributed by atoms with E-state index in [2.05, 4.69) is 6.07 Å². The van der Waals surface area contributed by atoms with Gasteiger partial charge in [0.2, 0.25) is 0 Å². The lowest BCUT2D eigenvalue weighted by Gasteiger charge is -2.19. The van der Waals surface area contributed by atoms with Gasteiger partial charge in [0.1, 0.15) is 5.75 Å². The highest BCUT2D eigenvalue weighted by atomic mass is 35.5. The summed E-state index contributed by atoms with van der Waals surface area (Å²) < 4.78 is 5.63. The maximum Gasteiger partial charge on any atom is 0.122 e. The summed E-state index contributed by atoms with van der Waals surface area (Å²) in [5, 5.41) is 0.578. The lowest BCUT2D eigenvalue weighted by Crippen LogP contribution is -2.09. The number of hydrogen-bond donors (Lipinski definition) is 0. The summed E-state index contributed by atoms with van der Waals surface area (Å²) in [6, 6.07) is 12.2. The second-order valence-corrected chi connectivity index (χ2v) is 6.03. The topological polar surface area (TPSA) is 9.23 Å². The highest BCUT2D eigenvalue weighted by Gasteiger charge is 2.16. The molecule has 0 saturated heterocycles. The van der Waals surface area contributed by atoms with E-state index in [0.29, 0.717) is 0 Å². The van der Waals surface area contributed by atoms with Crippen LogP contribution in [0.4, 0.5) is 0 Å². The van der Waals surface area contributed by atoms with Crippen LogP contribution < -0.4 is 4.74 Å². The van der Waals surface area contributed by atoms with E-state index in [1.165, 1.54) is 5.56 Å². The third kappa shape index (κ3) is 2.65. The van der Waals surface area contributed by atoms with Crippen LogP contribution in [0, 0.1) is 6.92 Å². The van der Waals surface area contributed by atoms with Crippen LogP contribution in [0.5, 0.6) is 5.75 Å². The zero-order valence-electron chi connectivity index (χ0n) is 11.3. The quantitative estimate of drug-likeness (QED) is 0.684. The lowest BCUT2D eigenvalue weighted by atomic mass is 9.98. The highest BCUT2D eigenvalue weighted by Crippen LogP contribution is 2.35. The van der Waals surface area contributed by atoms with Gasteiger partial charge in [0.15, 0.2) is 0 Å². The summed E-state index contributed by atoms with van der Waals surface area (Å²) in [5.41, 5.74) is 4.44. The number of ether oxygens (including phenoxy) is 1. The Morgan fingerprint density at radius 3 is 2.65 bits per heavy atom. The van der Waals surface area contributed by atoms with Crippen molar-refractivity contribution in [3.63, 3.8) is 0 Å². The van der Waals surface area contributed by atoms with Gasteiger partial charge in [0.25, 0.3) is 0 Å². The molecule has 0 bridgehead atoms. The minimum atomic E-state index is -0.180. The number of halogens is 2. The standard InChI is InChI=1S/C17H16Cl2O/c1-11-4-5-14(10-15(11)18)17(19)13-6-7-16-12(9-13)3-2-8-20-16/h4-7,9-10,17H,2-3,8H2,1H3. The van der Waals surface area contributed by atoms with Crippen molar-refractivity contribution in [2.75, 3.05) is 6.61 Å². The molecule has 0 N–H and O–H groups in total. The predicted octanol–water partition coefficient (Wildman–Crippen LogP) is 5.30. The molecule has 0 aliphatic carbocycles. The molecular formula is C17H16Cl2O. The van der Waals surface area contributed by atoms with Crippen molar-refractivity contribution in [1.29, 1.82) is 0 Å². The van der Waals surface area contributed by atoms with E-state index in [4.69, 9.17) is 27.9 Å². The van der Waals surface area contributed by atoms with Crippen molar-refractivity contribution in [2.24, 2.45) is 0 Å². The SMILES string of the molecule is Cc1ccc(C(Cl)c2ccc3c(c2)CCCO3)cc1Cl. The Bertz CT molecular complexity index is 637. The van der Waals surface area contributed by atoms with Gasteiger partial charge in [-0.3, -0.25) is 0 Å². The van der Waals surface area contributed by atoms with E-state index < -0.39 is 0 Å². The summed E-state index contributed by atoms with van der Waals surface area (Å²) >= 11 is 12.8. The van der Waals surface area contributed by atoms with E-state index in [1.54, 1.807) is 0 Å². The zero-order chi connectivity index (χ0) is 14.1. The van der Waals surface area contributed by atoms with Crippen molar-refractivity contribution < 1.29 is 4.74 Å². The monoisotopic (exact) mass is 306 g/mol. The van der Waals surface area contributed by atoms with Gasteiger partial charge in [0, 0.05) is 5.02 Å². The fourth-order valence-electron chi connectivity index (χ4n) is 2.50. The number of alkyl halides is 1. The van der Waals surface area contributed by atoms with Gasteiger partial charge in [-0.15, -0.1) is 11.6 Å². The summed E-state index contributed by atoms with van der Waals surface area (Å²) in [6.07, 6.45) is 2.13. The molecule has 0 spiro atoms. The second kappa shape index (κ2) is 5.67. The first-order chi connectivity index (χ1) is 9.65. The molecule has 0 saturated carbocycles. The Labute approximate surface area is 129 Å². The van der Waals surface area contributed by atoms with Crippen LogP contribution in [0.1, 0.15) is 34.1 Å². The maximum atomic E-state index is 6.60. The molecule has 1 aliphatic heterocycles. The van der Waals surface area contributed by atoms with Crippen molar-refractivity contribution in [3.8, 4) is 5.75 Å². The molecule has 1 unspecified atom stereocenters. The molecule has 1 heterocycles. The van der Waals surface area contributed by atoms with Crippen LogP contribution in [0.3, 0.4) is 0 Å². The second-order valence-electron chi connectivity index (χ2n) is 5.19. The summed E-state index contributed by atoms with van der Waals surface area (Å²) in [4.78, 5) is 0. The van der Waals surface area contributed by atoms with E-state index in [9.17, 15) is 0 Å². The molecule has 0 aromatic heterocycles. The Morgan fingerprint density at radius 2 is 1.85 bits per heavy atom. The van der Waals surface area contributed by atoms with Crippen molar-refractivity contribution >= 4 is 23.2 Å². The Hall–Kier alpha value is -1.18. The third-order valence-electron chi connectivity index (χ3n) is 3.71. The van der Waals surface area contributed by atoms with E-state index >= 15 is 0 Å². The summed E-state index contributed by atoms with van der Waals surface area (Å²) in [5.74, 6) is 0.991. The summed E-state index contributed by atoms with van der Waals surface area (Å²) in [6.45, 7) is 2.80. The molecule has 0 fully saturated rings. The van der Waals surface area contributed by atoms with Gasteiger partial charge >= 0.3 is 0 Å². The fraction of sp³-hybridized carbons (Fsp3) is 0.294. The molecule has 1 nitrogen and oxygen atoms in total. The first-order valence-electron chi connectivity index (χ1n) is 6.81.